The van der Waals surface area contributed by atoms with Crippen LogP contribution in [0.4, 0.5) is 5.69 Å². The minimum atomic E-state index is -0.468. The lowest BCUT2D eigenvalue weighted by molar-refractivity contribution is -0.384. The van der Waals surface area contributed by atoms with Crippen LogP contribution in [0.5, 0.6) is 11.5 Å². The third kappa shape index (κ3) is 6.79. The number of non-ortho nitro benzene ring substituents is 1. The van der Waals surface area contributed by atoms with Crippen molar-refractivity contribution in [3.05, 3.63) is 116 Å². The van der Waals surface area contributed by atoms with E-state index >= 15 is 0 Å². The van der Waals surface area contributed by atoms with Gasteiger partial charge in [0.05, 0.1) is 41.2 Å². The van der Waals surface area contributed by atoms with Gasteiger partial charge in [0.25, 0.3) is 11.6 Å². The molecule has 0 saturated heterocycles. The van der Waals surface area contributed by atoms with E-state index in [0.29, 0.717) is 34.2 Å². The monoisotopic (exact) mass is 547 g/mol. The predicted octanol–water partition coefficient (Wildman–Crippen LogP) is 5.46. The van der Waals surface area contributed by atoms with Crippen molar-refractivity contribution < 1.29 is 19.2 Å². The van der Waals surface area contributed by atoms with Crippen LogP contribution >= 0.6 is 11.6 Å². The maximum Gasteiger partial charge on any atom is 0.271 e. The molecule has 200 valence electrons. The molecule has 0 aliphatic rings. The number of carbonyl (C=O) groups excluding carboxylic acids is 1. The highest BCUT2D eigenvalue weighted by Gasteiger charge is 2.11. The summed E-state index contributed by atoms with van der Waals surface area (Å²) in [4.78, 5) is 23.1. The molecular weight excluding hydrogens is 522 g/mol. The van der Waals surface area contributed by atoms with Crippen molar-refractivity contribution in [2.24, 2.45) is 5.10 Å². The van der Waals surface area contributed by atoms with Crippen molar-refractivity contribution >= 4 is 29.4 Å². The number of aryl methyl sites for hydroxylation is 1. The van der Waals surface area contributed by atoms with Gasteiger partial charge in [-0.3, -0.25) is 19.6 Å². The molecule has 4 aromatic rings. The first kappa shape index (κ1) is 27.3. The number of nitrogens with one attached hydrogen (secondary N) is 1. The summed E-state index contributed by atoms with van der Waals surface area (Å²) < 4.78 is 13.0. The largest absolute Gasteiger partial charge is 0.496 e. The van der Waals surface area contributed by atoms with Gasteiger partial charge < -0.3 is 9.47 Å². The van der Waals surface area contributed by atoms with E-state index < -0.39 is 4.92 Å². The number of nitrogens with zero attached hydrogens (tertiary/aromatic N) is 4. The van der Waals surface area contributed by atoms with Crippen LogP contribution in [-0.2, 0) is 13.2 Å². The summed E-state index contributed by atoms with van der Waals surface area (Å²) >= 11 is 6.24. The fourth-order valence-corrected chi connectivity index (χ4v) is 3.99. The number of ether oxygens (including phenoxy) is 2. The molecule has 0 unspecified atom stereocenters. The number of hydrazone groups is 1. The van der Waals surface area contributed by atoms with Crippen LogP contribution in [0.25, 0.3) is 0 Å². The summed E-state index contributed by atoms with van der Waals surface area (Å²) in [6, 6.07) is 18.4. The quantitative estimate of drug-likeness (QED) is 0.160. The lowest BCUT2D eigenvalue weighted by Crippen LogP contribution is -2.18. The molecule has 3 aromatic carbocycles. The molecule has 39 heavy (non-hydrogen) atoms. The number of hydrogen-bond donors (Lipinski definition) is 1. The van der Waals surface area contributed by atoms with Gasteiger partial charge in [-0.25, -0.2) is 5.43 Å². The molecule has 0 saturated carbocycles. The molecule has 0 fully saturated rings. The highest BCUT2D eigenvalue weighted by Crippen LogP contribution is 2.23. The average Bonchev–Trinajstić information content (AvgIpc) is 3.18. The number of nitro benzene ring substituents is 1. The Morgan fingerprint density at radius 1 is 1.15 bits per heavy atom. The molecule has 1 heterocycles. The number of amides is 1. The van der Waals surface area contributed by atoms with Crippen LogP contribution in [0.15, 0.2) is 71.8 Å². The molecule has 0 bridgehead atoms. The minimum absolute atomic E-state index is 0.0140. The van der Waals surface area contributed by atoms with E-state index in [0.717, 1.165) is 22.5 Å². The summed E-state index contributed by atoms with van der Waals surface area (Å²) in [5.74, 6) is 0.741. The maximum absolute atomic E-state index is 12.7. The van der Waals surface area contributed by atoms with Crippen LogP contribution in [-0.4, -0.2) is 33.9 Å². The van der Waals surface area contributed by atoms with Crippen LogP contribution in [0.3, 0.4) is 0 Å². The van der Waals surface area contributed by atoms with Crippen molar-refractivity contribution in [1.29, 1.82) is 0 Å². The lowest BCUT2D eigenvalue weighted by atomic mass is 10.1. The van der Waals surface area contributed by atoms with Gasteiger partial charge in [0.1, 0.15) is 18.1 Å². The molecular formula is C28H26ClN5O5. The molecule has 0 aliphatic heterocycles. The SMILES string of the molecule is COc1ccc(/C=N/NC(=O)c2cccc(Cn3nc(C)c(Cl)c3C)c2)cc1COc1ccc([N+](=O)[O-])cc1. The van der Waals surface area contributed by atoms with Gasteiger partial charge in [-0.05, 0) is 67.4 Å². The van der Waals surface area contributed by atoms with E-state index in [1.807, 2.05) is 32.0 Å². The second-order valence-corrected chi connectivity index (χ2v) is 9.03. The molecule has 1 N–H and O–H groups in total. The molecule has 1 amide bonds. The zero-order valence-corrected chi connectivity index (χ0v) is 22.3. The van der Waals surface area contributed by atoms with Gasteiger partial charge in [0, 0.05) is 23.3 Å². The fraction of sp³-hybridized carbons (Fsp3) is 0.179. The zero-order valence-electron chi connectivity index (χ0n) is 21.6. The standard InChI is InChI=1S/C28H26ClN5O5/c1-18-27(29)19(2)33(32-18)16-21-5-4-6-22(14-21)28(35)31-30-15-20-7-12-26(38-3)23(13-20)17-39-25-10-8-24(9-11-25)34(36)37/h4-15H,16-17H2,1-3H3,(H,31,35)/b30-15+. The minimum Gasteiger partial charge on any atom is -0.496 e. The van der Waals surface area contributed by atoms with Crippen LogP contribution < -0.4 is 14.9 Å². The first-order valence-corrected chi connectivity index (χ1v) is 12.3. The van der Waals surface area contributed by atoms with E-state index in [4.69, 9.17) is 21.1 Å². The lowest BCUT2D eigenvalue weighted by Gasteiger charge is -2.11. The fourth-order valence-electron chi connectivity index (χ4n) is 3.86. The summed E-state index contributed by atoms with van der Waals surface area (Å²) in [5, 5.41) is 20.0. The first-order valence-electron chi connectivity index (χ1n) is 11.9. The van der Waals surface area contributed by atoms with E-state index in [2.05, 4.69) is 15.6 Å². The van der Waals surface area contributed by atoms with Crippen molar-refractivity contribution in [3.8, 4) is 11.5 Å². The Labute approximate surface area is 230 Å². The number of methoxy groups -OCH3 is 1. The van der Waals surface area contributed by atoms with Gasteiger partial charge in [-0.15, -0.1) is 0 Å². The van der Waals surface area contributed by atoms with E-state index in [1.165, 1.54) is 30.5 Å². The number of hydrogen-bond acceptors (Lipinski definition) is 7. The Morgan fingerprint density at radius 2 is 1.92 bits per heavy atom. The highest BCUT2D eigenvalue weighted by atomic mass is 35.5. The Kier molecular flexibility index (Phi) is 8.57. The van der Waals surface area contributed by atoms with Gasteiger partial charge in [-0.2, -0.15) is 10.2 Å². The molecule has 4 rings (SSSR count). The third-order valence-corrected chi connectivity index (χ3v) is 6.49. The summed E-state index contributed by atoms with van der Waals surface area (Å²) in [7, 11) is 1.55. The number of halogens is 1. The number of aromatic nitrogens is 2. The average molecular weight is 548 g/mol. The number of rotatable bonds is 10. The third-order valence-electron chi connectivity index (χ3n) is 5.94. The van der Waals surface area contributed by atoms with Crippen molar-refractivity contribution in [2.45, 2.75) is 27.0 Å². The Balaban J connectivity index is 1.39. The molecule has 0 spiro atoms. The Bertz CT molecular complexity index is 1530. The maximum atomic E-state index is 12.7. The van der Waals surface area contributed by atoms with E-state index in [-0.39, 0.29) is 18.2 Å². The second kappa shape index (κ2) is 12.2. The van der Waals surface area contributed by atoms with Crippen LogP contribution in [0, 0.1) is 24.0 Å². The van der Waals surface area contributed by atoms with E-state index in [1.54, 1.807) is 36.1 Å². The van der Waals surface area contributed by atoms with Gasteiger partial charge >= 0.3 is 0 Å². The smallest absolute Gasteiger partial charge is 0.271 e. The number of benzene rings is 3. The van der Waals surface area contributed by atoms with E-state index in [9.17, 15) is 14.9 Å². The number of carbonyl (C=O) groups is 1. The molecule has 11 heteroatoms. The summed E-state index contributed by atoms with van der Waals surface area (Å²) in [5.41, 5.74) is 6.99. The molecule has 0 aliphatic carbocycles. The topological polar surface area (TPSA) is 121 Å². The summed E-state index contributed by atoms with van der Waals surface area (Å²) in [6.07, 6.45) is 1.52. The normalized spacial score (nSPS) is 11.0. The molecule has 1 aromatic heterocycles. The van der Waals surface area contributed by atoms with Crippen LogP contribution in [0.2, 0.25) is 5.02 Å². The molecule has 0 atom stereocenters. The number of nitro groups is 1. The Morgan fingerprint density at radius 3 is 2.59 bits per heavy atom. The first-order chi connectivity index (χ1) is 18.7. The molecule has 0 radical (unpaired) electrons. The predicted molar refractivity (Wildman–Crippen MR) is 148 cm³/mol. The highest BCUT2D eigenvalue weighted by molar-refractivity contribution is 6.31. The van der Waals surface area contributed by atoms with Crippen molar-refractivity contribution in [3.63, 3.8) is 0 Å². The van der Waals surface area contributed by atoms with Crippen molar-refractivity contribution in [1.82, 2.24) is 15.2 Å². The second-order valence-electron chi connectivity index (χ2n) is 8.65. The van der Waals surface area contributed by atoms with Gasteiger partial charge in [0.15, 0.2) is 0 Å². The van der Waals surface area contributed by atoms with Gasteiger partial charge in [-0.1, -0.05) is 23.7 Å². The van der Waals surface area contributed by atoms with Crippen LogP contribution in [0.1, 0.15) is 38.4 Å². The van der Waals surface area contributed by atoms with Crippen molar-refractivity contribution in [2.75, 3.05) is 7.11 Å². The Hall–Kier alpha value is -4.70. The zero-order chi connectivity index (χ0) is 27.9. The summed E-state index contributed by atoms with van der Waals surface area (Å²) in [6.45, 7) is 4.41. The molecule has 10 nitrogen and oxygen atoms in total. The van der Waals surface area contributed by atoms with Gasteiger partial charge in [0.2, 0.25) is 0 Å².